The summed E-state index contributed by atoms with van der Waals surface area (Å²) in [5.74, 6) is -5.18. The average Bonchev–Trinajstić information content (AvgIpc) is 3.58. The van der Waals surface area contributed by atoms with Crippen molar-refractivity contribution < 1.29 is 31.3 Å². The van der Waals surface area contributed by atoms with Crippen LogP contribution in [0.2, 0.25) is 10.8 Å². The molecule has 242 valence electrons. The van der Waals surface area contributed by atoms with Crippen LogP contribution in [0.15, 0.2) is 29.3 Å². The fraction of sp³-hybridized carbons (Fsp3) is 0.433. The molecule has 9 nitrogen and oxygen atoms in total. The van der Waals surface area contributed by atoms with Crippen molar-refractivity contribution in [3.8, 4) is 22.8 Å². The van der Waals surface area contributed by atoms with Gasteiger partial charge in [0, 0.05) is 29.5 Å². The smallest absolute Gasteiger partial charge is 0.403 e. The van der Waals surface area contributed by atoms with E-state index >= 15 is 8.78 Å². The molecule has 2 fully saturated rings. The topological polar surface area (TPSA) is 97.0 Å². The van der Waals surface area contributed by atoms with E-state index in [9.17, 15) is 18.0 Å². The molecule has 16 heteroatoms. The summed E-state index contributed by atoms with van der Waals surface area (Å²) in [4.78, 5) is 24.8. The predicted octanol–water partition coefficient (Wildman–Crippen LogP) is 6.70. The molecule has 0 spiro atoms. The van der Waals surface area contributed by atoms with E-state index in [1.807, 2.05) is 27.7 Å². The van der Waals surface area contributed by atoms with E-state index in [0.717, 1.165) is 16.8 Å². The van der Waals surface area contributed by atoms with Gasteiger partial charge in [-0.3, -0.25) is 14.3 Å². The van der Waals surface area contributed by atoms with E-state index in [4.69, 9.17) is 20.9 Å². The van der Waals surface area contributed by atoms with E-state index in [1.54, 1.807) is 13.0 Å². The first kappa shape index (κ1) is 32.3. The molecule has 0 aromatic carbocycles. The maximum absolute atomic E-state index is 16.4. The van der Waals surface area contributed by atoms with E-state index in [0.29, 0.717) is 17.7 Å². The normalized spacial score (nSPS) is 20.4. The number of alkyl halides is 3. The lowest BCUT2D eigenvalue weighted by molar-refractivity contribution is -0.146. The second-order valence-electron chi connectivity index (χ2n) is 12.7. The van der Waals surface area contributed by atoms with Crippen molar-refractivity contribution >= 4 is 18.7 Å². The van der Waals surface area contributed by atoms with Crippen molar-refractivity contribution in [2.24, 2.45) is 0 Å². The highest BCUT2D eigenvalue weighted by molar-refractivity contribution is 6.49. The fourth-order valence-electron chi connectivity index (χ4n) is 5.76. The van der Waals surface area contributed by atoms with Crippen molar-refractivity contribution in [1.29, 1.82) is 0 Å². The third kappa shape index (κ3) is 5.12. The maximum atomic E-state index is 16.4. The van der Waals surface area contributed by atoms with Crippen LogP contribution >= 0.6 is 11.6 Å². The molecule has 1 saturated carbocycles. The zero-order valence-corrected chi connectivity index (χ0v) is 26.7. The first-order valence-corrected chi connectivity index (χ1v) is 14.8. The summed E-state index contributed by atoms with van der Waals surface area (Å²) in [6.07, 6.45) is -2.06. The molecular weight excluding hydrogens is 634 g/mol. The molecular formula is C30H29BClF5N6O3. The first-order chi connectivity index (χ1) is 21.3. The van der Waals surface area contributed by atoms with Gasteiger partial charge in [0.25, 0.3) is 5.56 Å². The van der Waals surface area contributed by atoms with Crippen LogP contribution in [0, 0.1) is 32.4 Å². The Morgan fingerprint density at radius 3 is 2.33 bits per heavy atom. The number of rotatable bonds is 5. The Kier molecular flexibility index (Phi) is 7.49. The molecule has 0 N–H and O–H groups in total. The van der Waals surface area contributed by atoms with Crippen LogP contribution in [0.1, 0.15) is 68.5 Å². The molecule has 0 bridgehead atoms. The second kappa shape index (κ2) is 10.7. The summed E-state index contributed by atoms with van der Waals surface area (Å²) < 4.78 is 86.7. The summed E-state index contributed by atoms with van der Waals surface area (Å²) in [5, 5.41) is 3.54. The third-order valence-electron chi connectivity index (χ3n) is 8.92. The van der Waals surface area contributed by atoms with Gasteiger partial charge in [-0.05, 0) is 84.1 Å². The van der Waals surface area contributed by atoms with E-state index in [2.05, 4.69) is 20.1 Å². The number of pyridine rings is 3. The molecule has 4 aromatic heterocycles. The predicted molar refractivity (Wildman–Crippen MR) is 159 cm³/mol. The Balaban J connectivity index is 1.40. The van der Waals surface area contributed by atoms with Crippen LogP contribution in [0.4, 0.5) is 22.0 Å². The van der Waals surface area contributed by atoms with Gasteiger partial charge in [0.2, 0.25) is 5.82 Å². The standard InChI is InChI=1S/C30H29BClF5N6O3/c1-13-12-39-23(16-8-9-38-25(21(16)33)43-27(30(35,36)37)40-15(3)41-43)22(34)24(13)42-14(2)10-18(20(32)26(42)44)17-11-19(17)31-45-28(4,5)29(6,7)46-31/h8-10,12,17,19H,11H2,1-7H3/t17-,19+/m1/s1. The average molecular weight is 663 g/mol. The van der Waals surface area contributed by atoms with Gasteiger partial charge in [-0.15, -0.1) is 5.10 Å². The monoisotopic (exact) mass is 662 g/mol. The lowest BCUT2D eigenvalue weighted by atomic mass is 9.79. The Morgan fingerprint density at radius 2 is 1.70 bits per heavy atom. The van der Waals surface area contributed by atoms with Gasteiger partial charge >= 0.3 is 13.3 Å². The second-order valence-corrected chi connectivity index (χ2v) is 13.0. The molecule has 1 saturated heterocycles. The lowest BCUT2D eigenvalue weighted by Crippen LogP contribution is -2.41. The number of nitrogens with zero attached hydrogens (tertiary/aromatic N) is 6. The van der Waals surface area contributed by atoms with Gasteiger partial charge < -0.3 is 9.31 Å². The molecule has 4 aromatic rings. The molecule has 0 radical (unpaired) electrons. The third-order valence-corrected chi connectivity index (χ3v) is 9.30. The largest absolute Gasteiger partial charge is 0.461 e. The van der Waals surface area contributed by atoms with Gasteiger partial charge in [-0.25, -0.2) is 18.7 Å². The van der Waals surface area contributed by atoms with Crippen LogP contribution in [-0.2, 0) is 15.5 Å². The minimum Gasteiger partial charge on any atom is -0.403 e. The number of hydrogen-bond donors (Lipinski definition) is 0. The van der Waals surface area contributed by atoms with Crippen LogP contribution in [0.3, 0.4) is 0 Å². The van der Waals surface area contributed by atoms with E-state index < -0.39 is 64.6 Å². The molecule has 1 aliphatic carbocycles. The molecule has 0 unspecified atom stereocenters. The van der Waals surface area contributed by atoms with Crippen molar-refractivity contribution in [1.82, 2.24) is 29.3 Å². The number of hydrogen-bond acceptors (Lipinski definition) is 7. The van der Waals surface area contributed by atoms with Crippen LogP contribution in [0.5, 0.6) is 0 Å². The molecule has 2 aliphatic rings. The Morgan fingerprint density at radius 1 is 1.04 bits per heavy atom. The Bertz CT molecular complexity index is 1940. The zero-order chi connectivity index (χ0) is 33.7. The number of aromatic nitrogens is 6. The Labute approximate surface area is 265 Å². The number of halogens is 6. The van der Waals surface area contributed by atoms with Crippen LogP contribution in [-0.4, -0.2) is 47.6 Å². The summed E-state index contributed by atoms with van der Waals surface area (Å²) in [5.41, 5.74) is -1.85. The van der Waals surface area contributed by atoms with Crippen molar-refractivity contribution in [3.63, 3.8) is 0 Å². The molecule has 46 heavy (non-hydrogen) atoms. The van der Waals surface area contributed by atoms with Gasteiger partial charge in [0.05, 0.1) is 16.9 Å². The van der Waals surface area contributed by atoms with Gasteiger partial charge in [-0.2, -0.15) is 17.9 Å². The highest BCUT2D eigenvalue weighted by Gasteiger charge is 2.60. The van der Waals surface area contributed by atoms with Crippen molar-refractivity contribution in [2.45, 2.75) is 84.0 Å². The molecule has 6 rings (SSSR count). The van der Waals surface area contributed by atoms with Crippen molar-refractivity contribution in [2.75, 3.05) is 0 Å². The molecule has 2 atom stereocenters. The molecule has 5 heterocycles. The molecule has 1 aliphatic heterocycles. The summed E-state index contributed by atoms with van der Waals surface area (Å²) in [7, 11) is -0.481. The fourth-order valence-corrected chi connectivity index (χ4v) is 6.03. The zero-order valence-electron chi connectivity index (χ0n) is 25.9. The van der Waals surface area contributed by atoms with E-state index in [-0.39, 0.29) is 38.5 Å². The van der Waals surface area contributed by atoms with Gasteiger partial charge in [-0.1, -0.05) is 11.6 Å². The van der Waals surface area contributed by atoms with E-state index in [1.165, 1.54) is 20.0 Å². The van der Waals surface area contributed by atoms with Crippen LogP contribution in [0.25, 0.3) is 22.8 Å². The quantitative estimate of drug-likeness (QED) is 0.173. The summed E-state index contributed by atoms with van der Waals surface area (Å²) in [6, 6.07) is 2.77. The lowest BCUT2D eigenvalue weighted by Gasteiger charge is -2.32. The van der Waals surface area contributed by atoms with Gasteiger partial charge in [0.15, 0.2) is 17.5 Å². The molecule has 0 amide bonds. The van der Waals surface area contributed by atoms with Crippen LogP contribution < -0.4 is 5.56 Å². The maximum Gasteiger partial charge on any atom is 0.461 e. The highest BCUT2D eigenvalue weighted by Crippen LogP contribution is 2.59. The summed E-state index contributed by atoms with van der Waals surface area (Å²) in [6.45, 7) is 12.2. The minimum absolute atomic E-state index is 0.0327. The first-order valence-electron chi connectivity index (χ1n) is 14.4. The van der Waals surface area contributed by atoms with Crippen molar-refractivity contribution in [3.05, 3.63) is 80.0 Å². The Hall–Kier alpha value is -3.69. The SMILES string of the molecule is Cc1nc(C(F)(F)F)n(-c2nccc(-c3ncc(C)c(-n4c(C)cc([C@H]5C[C@@H]5B5OC(C)(C)C(C)(C)O5)c(Cl)c4=O)c3F)c2F)n1. The minimum atomic E-state index is -4.97. The highest BCUT2D eigenvalue weighted by atomic mass is 35.5. The van der Waals surface area contributed by atoms with Gasteiger partial charge in [0.1, 0.15) is 16.5 Å². The number of aryl methyl sites for hydroxylation is 3. The summed E-state index contributed by atoms with van der Waals surface area (Å²) >= 11 is 6.64.